The summed E-state index contributed by atoms with van der Waals surface area (Å²) >= 11 is 11.6. The lowest BCUT2D eigenvalue weighted by atomic mass is 10.3. The van der Waals surface area contributed by atoms with Crippen LogP contribution in [0.15, 0.2) is 42.7 Å². The molecule has 0 amide bonds. The first-order valence-electron chi connectivity index (χ1n) is 8.24. The topological polar surface area (TPSA) is 67.9 Å². The van der Waals surface area contributed by atoms with Crippen LogP contribution < -0.4 is 4.90 Å². The first-order chi connectivity index (χ1) is 12.7. The zero-order chi connectivity index (χ0) is 17.9. The number of nitrogens with zero attached hydrogens (tertiary/aromatic N) is 8. The summed E-state index contributed by atoms with van der Waals surface area (Å²) in [5.41, 5.74) is 0.805. The SMILES string of the molecule is S=c1n(CN2CCN(c3ncccn3)CC2)nnn1-c1cccc(Cl)c1. The number of piperazine rings is 1. The Kier molecular flexibility index (Phi) is 4.91. The van der Waals surface area contributed by atoms with Crippen LogP contribution in [0.5, 0.6) is 0 Å². The molecule has 4 rings (SSSR count). The van der Waals surface area contributed by atoms with Crippen LogP contribution >= 0.6 is 23.8 Å². The molecule has 1 aliphatic rings. The van der Waals surface area contributed by atoms with Crippen LogP contribution in [0.3, 0.4) is 0 Å². The molecule has 26 heavy (non-hydrogen) atoms. The van der Waals surface area contributed by atoms with E-state index in [0.29, 0.717) is 16.5 Å². The Morgan fingerprint density at radius 2 is 1.77 bits per heavy atom. The minimum atomic E-state index is 0.543. The molecule has 0 bridgehead atoms. The van der Waals surface area contributed by atoms with Crippen LogP contribution in [0.1, 0.15) is 0 Å². The van der Waals surface area contributed by atoms with E-state index in [2.05, 4.69) is 30.2 Å². The van der Waals surface area contributed by atoms with Crippen molar-refractivity contribution in [1.29, 1.82) is 0 Å². The highest BCUT2D eigenvalue weighted by atomic mass is 35.5. The quantitative estimate of drug-likeness (QED) is 0.633. The van der Waals surface area contributed by atoms with Gasteiger partial charge in [0.15, 0.2) is 0 Å². The lowest BCUT2D eigenvalue weighted by molar-refractivity contribution is 0.192. The molecule has 2 aromatic heterocycles. The van der Waals surface area contributed by atoms with Crippen LogP contribution in [-0.2, 0) is 6.67 Å². The number of aromatic nitrogens is 6. The fourth-order valence-corrected chi connectivity index (χ4v) is 3.29. The summed E-state index contributed by atoms with van der Waals surface area (Å²) in [7, 11) is 0. The number of rotatable bonds is 4. The monoisotopic (exact) mass is 388 g/mol. The Morgan fingerprint density at radius 3 is 2.50 bits per heavy atom. The van der Waals surface area contributed by atoms with Crippen molar-refractivity contribution in [2.45, 2.75) is 6.67 Å². The Labute approximate surface area is 160 Å². The zero-order valence-corrected chi connectivity index (χ0v) is 15.5. The van der Waals surface area contributed by atoms with Gasteiger partial charge in [0.2, 0.25) is 10.7 Å². The van der Waals surface area contributed by atoms with Crippen molar-refractivity contribution in [3.63, 3.8) is 0 Å². The van der Waals surface area contributed by atoms with Crippen molar-refractivity contribution in [3.05, 3.63) is 52.5 Å². The van der Waals surface area contributed by atoms with Crippen molar-refractivity contribution < 1.29 is 0 Å². The van der Waals surface area contributed by atoms with E-state index in [1.807, 2.05) is 30.3 Å². The highest BCUT2D eigenvalue weighted by Crippen LogP contribution is 2.15. The van der Waals surface area contributed by atoms with Crippen LogP contribution in [0.25, 0.3) is 5.69 Å². The molecule has 134 valence electrons. The molecule has 0 aliphatic carbocycles. The van der Waals surface area contributed by atoms with E-state index >= 15 is 0 Å². The van der Waals surface area contributed by atoms with E-state index in [1.54, 1.807) is 21.8 Å². The maximum Gasteiger partial charge on any atom is 0.225 e. The Bertz CT molecular complexity index is 933. The van der Waals surface area contributed by atoms with Gasteiger partial charge in [-0.25, -0.2) is 14.6 Å². The third-order valence-corrected chi connectivity index (χ3v) is 4.85. The molecule has 1 aromatic carbocycles. The van der Waals surface area contributed by atoms with Gasteiger partial charge in [0, 0.05) is 43.6 Å². The lowest BCUT2D eigenvalue weighted by Gasteiger charge is -2.34. The fourth-order valence-electron chi connectivity index (χ4n) is 2.87. The third-order valence-electron chi connectivity index (χ3n) is 4.23. The van der Waals surface area contributed by atoms with E-state index < -0.39 is 0 Å². The summed E-state index contributed by atoms with van der Waals surface area (Å²) < 4.78 is 3.89. The summed E-state index contributed by atoms with van der Waals surface area (Å²) in [6.07, 6.45) is 3.53. The second-order valence-corrected chi connectivity index (χ2v) is 6.75. The summed E-state index contributed by atoms with van der Waals surface area (Å²) in [6.45, 7) is 4.08. The average Bonchev–Trinajstić information content (AvgIpc) is 3.03. The molecular formula is C16H17ClN8S. The summed E-state index contributed by atoms with van der Waals surface area (Å²) in [4.78, 5) is 13.1. The van der Waals surface area contributed by atoms with Gasteiger partial charge in [-0.15, -0.1) is 0 Å². The van der Waals surface area contributed by atoms with Crippen molar-refractivity contribution in [1.82, 2.24) is 34.7 Å². The van der Waals surface area contributed by atoms with Gasteiger partial charge in [0.25, 0.3) is 0 Å². The highest BCUT2D eigenvalue weighted by Gasteiger charge is 2.19. The van der Waals surface area contributed by atoms with E-state index in [4.69, 9.17) is 23.8 Å². The average molecular weight is 389 g/mol. The van der Waals surface area contributed by atoms with Crippen LogP contribution in [0.2, 0.25) is 5.02 Å². The molecule has 0 saturated carbocycles. The molecule has 1 aliphatic heterocycles. The summed E-state index contributed by atoms with van der Waals surface area (Å²) in [6, 6.07) is 9.22. The molecule has 3 aromatic rings. The predicted octanol–water partition coefficient (Wildman–Crippen LogP) is 2.02. The van der Waals surface area contributed by atoms with E-state index in [1.165, 1.54) is 0 Å². The molecule has 0 spiro atoms. The smallest absolute Gasteiger partial charge is 0.225 e. The van der Waals surface area contributed by atoms with Gasteiger partial charge >= 0.3 is 0 Å². The molecule has 8 nitrogen and oxygen atoms in total. The molecule has 0 unspecified atom stereocenters. The minimum absolute atomic E-state index is 0.543. The minimum Gasteiger partial charge on any atom is -0.338 e. The summed E-state index contributed by atoms with van der Waals surface area (Å²) in [5.74, 6) is 0.774. The maximum absolute atomic E-state index is 6.05. The molecule has 0 atom stereocenters. The number of hydrogen-bond acceptors (Lipinski definition) is 7. The number of anilines is 1. The van der Waals surface area contributed by atoms with Gasteiger partial charge in [-0.1, -0.05) is 17.7 Å². The van der Waals surface area contributed by atoms with Crippen LogP contribution in [0.4, 0.5) is 5.95 Å². The fraction of sp³-hybridized carbons (Fsp3) is 0.312. The number of tetrazole rings is 1. The molecule has 3 heterocycles. The molecule has 1 saturated heterocycles. The first kappa shape index (κ1) is 17.1. The zero-order valence-electron chi connectivity index (χ0n) is 13.9. The standard InChI is InChI=1S/C16H17ClN8S/c17-13-3-1-4-14(11-13)25-16(26)24(20-21-25)12-22-7-9-23(10-8-22)15-18-5-2-6-19-15/h1-6,11H,7-10,12H2. The normalized spacial score (nSPS) is 15.3. The molecule has 1 fully saturated rings. The molecule has 10 heteroatoms. The first-order valence-corrected chi connectivity index (χ1v) is 9.02. The number of hydrogen-bond donors (Lipinski definition) is 0. The van der Waals surface area contributed by atoms with E-state index in [9.17, 15) is 0 Å². The summed E-state index contributed by atoms with van der Waals surface area (Å²) in [5, 5.41) is 9.00. The van der Waals surface area contributed by atoms with E-state index in [0.717, 1.165) is 37.8 Å². The maximum atomic E-state index is 6.05. The second-order valence-electron chi connectivity index (χ2n) is 5.95. The van der Waals surface area contributed by atoms with Crippen molar-refractivity contribution >= 4 is 29.8 Å². The lowest BCUT2D eigenvalue weighted by Crippen LogP contribution is -2.47. The molecule has 0 N–H and O–H groups in total. The Morgan fingerprint density at radius 1 is 1.00 bits per heavy atom. The van der Waals surface area contributed by atoms with Crippen molar-refractivity contribution in [3.8, 4) is 5.69 Å². The largest absolute Gasteiger partial charge is 0.338 e. The van der Waals surface area contributed by atoms with Crippen molar-refractivity contribution in [2.75, 3.05) is 31.1 Å². The van der Waals surface area contributed by atoms with E-state index in [-0.39, 0.29) is 0 Å². The molecular weight excluding hydrogens is 372 g/mol. The number of benzene rings is 1. The van der Waals surface area contributed by atoms with Gasteiger partial charge in [-0.2, -0.15) is 4.68 Å². The van der Waals surface area contributed by atoms with Gasteiger partial charge < -0.3 is 4.90 Å². The second kappa shape index (κ2) is 7.48. The Hall–Kier alpha value is -2.36. The van der Waals surface area contributed by atoms with Crippen molar-refractivity contribution in [2.24, 2.45) is 0 Å². The van der Waals surface area contributed by atoms with Gasteiger partial charge in [-0.3, -0.25) is 4.90 Å². The van der Waals surface area contributed by atoms with Crippen LogP contribution in [0, 0.1) is 4.77 Å². The third kappa shape index (κ3) is 3.59. The molecule has 0 radical (unpaired) electrons. The number of halogens is 1. The van der Waals surface area contributed by atoms with Gasteiger partial charge in [-0.05, 0) is 46.9 Å². The van der Waals surface area contributed by atoms with Gasteiger partial charge in [0.1, 0.15) is 0 Å². The predicted molar refractivity (Wildman–Crippen MR) is 101 cm³/mol. The Balaban J connectivity index is 1.42. The van der Waals surface area contributed by atoms with Gasteiger partial charge in [0.05, 0.1) is 12.4 Å². The van der Waals surface area contributed by atoms with Crippen LogP contribution in [-0.4, -0.2) is 60.8 Å². The highest BCUT2D eigenvalue weighted by molar-refractivity contribution is 7.71.